The van der Waals surface area contributed by atoms with Gasteiger partial charge in [0.25, 0.3) is 11.8 Å². The Bertz CT molecular complexity index is 2520. The number of aromatic nitrogens is 1. The van der Waals surface area contributed by atoms with Gasteiger partial charge in [-0.15, -0.1) is 0 Å². The minimum atomic E-state index is -0.991. The number of nitrogens with one attached hydrogen (secondary N) is 7. The summed E-state index contributed by atoms with van der Waals surface area (Å²) in [6.07, 6.45) is 7.06. The van der Waals surface area contributed by atoms with Gasteiger partial charge in [0, 0.05) is 96.0 Å². The van der Waals surface area contributed by atoms with E-state index < -0.39 is 83.9 Å². The summed E-state index contributed by atoms with van der Waals surface area (Å²) in [4.78, 5) is 140. The lowest BCUT2D eigenvalue weighted by Gasteiger charge is -2.41. The molecule has 2 aliphatic heterocycles. The maximum atomic E-state index is 14.7. The predicted octanol–water partition coefficient (Wildman–Crippen LogP) is 2.41. The molecule has 24 heteroatoms. The first-order valence-corrected chi connectivity index (χ1v) is 28.9. The molecule has 0 bridgehead atoms. The molecule has 456 valence electrons. The number of imide groups is 1. The molecule has 1 fully saturated rings. The molecule has 9 N–H and O–H groups in total. The van der Waals surface area contributed by atoms with Crippen molar-refractivity contribution in [3.05, 3.63) is 48.2 Å². The van der Waals surface area contributed by atoms with Gasteiger partial charge in [0.15, 0.2) is 0 Å². The molecule has 24 nitrogen and oxygen atoms in total. The minimum Gasteiger partial charge on any atom is -0.379 e. The Kier molecular flexibility index (Phi) is 27.4. The molecule has 0 aliphatic carbocycles. The van der Waals surface area contributed by atoms with Crippen LogP contribution in [0.25, 0.3) is 10.9 Å². The number of nitrogens with zero attached hydrogens (tertiary/aromatic N) is 4. The predicted molar refractivity (Wildman–Crippen MR) is 309 cm³/mol. The van der Waals surface area contributed by atoms with Crippen molar-refractivity contribution < 1.29 is 57.4 Å². The molecule has 1 aromatic carbocycles. The van der Waals surface area contributed by atoms with Crippen LogP contribution in [0.5, 0.6) is 0 Å². The van der Waals surface area contributed by atoms with Gasteiger partial charge in [-0.2, -0.15) is 0 Å². The molecule has 0 radical (unpaired) electrons. The molecule has 1 saturated heterocycles. The average molecular weight is 1150 g/mol. The van der Waals surface area contributed by atoms with E-state index in [0.29, 0.717) is 64.6 Å². The summed E-state index contributed by atoms with van der Waals surface area (Å²) in [7, 11) is 6.47. The zero-order valence-corrected chi connectivity index (χ0v) is 50.0. The van der Waals surface area contributed by atoms with Crippen molar-refractivity contribution in [1.82, 2.24) is 56.7 Å². The molecular weight excluding hydrogens is 1060 g/mol. The van der Waals surface area contributed by atoms with Crippen molar-refractivity contribution in [2.24, 2.45) is 29.4 Å². The number of hydrogen-bond acceptors (Lipinski definition) is 13. The van der Waals surface area contributed by atoms with E-state index in [1.807, 2.05) is 70.7 Å². The number of ether oxygens (including phenoxy) is 2. The summed E-state index contributed by atoms with van der Waals surface area (Å²) in [5.41, 5.74) is 12.4. The second-order valence-electron chi connectivity index (χ2n) is 22.4. The quantitative estimate of drug-likeness (QED) is 0.0284. The van der Waals surface area contributed by atoms with Crippen LogP contribution in [0.1, 0.15) is 118 Å². The lowest BCUT2D eigenvalue weighted by Crippen LogP contribution is -2.60. The number of carbonyl (C=O) groups excluding carboxylic acids is 10. The molecule has 2 aromatic rings. The van der Waals surface area contributed by atoms with Crippen LogP contribution in [0.4, 0.5) is 4.79 Å². The smallest absolute Gasteiger partial charge is 0.314 e. The number of unbranched alkanes of at least 4 members (excludes halogenated alkanes) is 2. The number of carbonyl (C=O) groups is 10. The first-order chi connectivity index (χ1) is 38.9. The number of rotatable bonds is 34. The summed E-state index contributed by atoms with van der Waals surface area (Å²) < 4.78 is 12.1. The number of H-pyrrole nitrogens is 1. The van der Waals surface area contributed by atoms with E-state index >= 15 is 0 Å². The van der Waals surface area contributed by atoms with Crippen LogP contribution in [0.2, 0.25) is 0 Å². The number of likely N-dealkylation sites (tertiary alicyclic amines) is 1. The van der Waals surface area contributed by atoms with Crippen molar-refractivity contribution in [2.75, 3.05) is 61.0 Å². The number of benzene rings is 1. The molecule has 82 heavy (non-hydrogen) atoms. The Morgan fingerprint density at radius 1 is 0.805 bits per heavy atom. The zero-order chi connectivity index (χ0) is 60.8. The van der Waals surface area contributed by atoms with Crippen LogP contribution in [0.3, 0.4) is 0 Å². The van der Waals surface area contributed by atoms with Crippen molar-refractivity contribution in [1.29, 1.82) is 0 Å². The lowest BCUT2D eigenvalue weighted by molar-refractivity contribution is -0.148. The van der Waals surface area contributed by atoms with E-state index in [4.69, 9.17) is 15.2 Å². The standard InChI is InChI=1S/C58H92N12O12/c1-12-37(6)52(44(81-10)33-49(75)69-30-18-22-43(69)53(82-11)38(7)55(77)63-42(54(59)76)32-39-34-62-41-21-16-15-20-40(39)41)68(9)57(79)50(35(2)3)64-56(78)51(36(4)5)67(8)29-19-24-46(72)66-65-45(71)23-14-13-17-27-60-58(80)61-28-31-70-47(73)25-26-48(70)74/h15-16,20-21,25-26,34-38,42-44,50-53,62H,12-14,17-19,22-24,27-33H2,1-11H3,(H2,59,76)(H,63,77)(H,64,78)(H,65,71)(H,66,72)(H2,60,61,80)/t37-,38+,42-,43-,44+,50-,51-,52-,53+/m0/s1. The third kappa shape index (κ3) is 19.3. The number of hydrogen-bond donors (Lipinski definition) is 8. The van der Waals surface area contributed by atoms with Crippen molar-refractivity contribution in [3.8, 4) is 0 Å². The van der Waals surface area contributed by atoms with Gasteiger partial charge in [-0.05, 0) is 75.1 Å². The Balaban J connectivity index is 1.26. The molecule has 1 aromatic heterocycles. The van der Waals surface area contributed by atoms with E-state index in [-0.39, 0.29) is 80.2 Å². The fraction of sp³-hybridized carbons (Fsp3) is 0.655. The molecule has 11 amide bonds. The maximum Gasteiger partial charge on any atom is 0.314 e. The van der Waals surface area contributed by atoms with Gasteiger partial charge in [0.05, 0.1) is 42.7 Å². The van der Waals surface area contributed by atoms with Gasteiger partial charge < -0.3 is 51.3 Å². The van der Waals surface area contributed by atoms with Gasteiger partial charge >= 0.3 is 6.03 Å². The number of likely N-dealkylation sites (N-methyl/N-ethyl adjacent to an activating group) is 2. The van der Waals surface area contributed by atoms with Crippen LogP contribution in [0, 0.1) is 23.7 Å². The molecule has 0 saturated carbocycles. The average Bonchev–Trinajstić information content (AvgIpc) is 4.24. The topological polar surface area (TPSA) is 316 Å². The van der Waals surface area contributed by atoms with Crippen LogP contribution < -0.4 is 37.9 Å². The third-order valence-electron chi connectivity index (χ3n) is 15.8. The molecule has 2 aliphatic rings. The summed E-state index contributed by atoms with van der Waals surface area (Å²) in [5, 5.41) is 12.1. The van der Waals surface area contributed by atoms with Crippen LogP contribution in [-0.4, -0.2) is 187 Å². The van der Waals surface area contributed by atoms with Gasteiger partial charge in [-0.25, -0.2) is 4.79 Å². The second kappa shape index (κ2) is 33.3. The van der Waals surface area contributed by atoms with Gasteiger partial charge in [-0.1, -0.05) is 79.5 Å². The SMILES string of the molecule is CC[C@H](C)[C@@H]([C@@H](CC(=O)N1CCC[C@H]1[C@H](OC)[C@@H](C)C(=O)N[C@@H](Cc1c[nH]c2ccccc12)C(N)=O)OC)N(C)C(=O)[C@@H](NC(=O)[C@H](C(C)C)N(C)CCCC(=O)NNC(=O)CCCCCNC(=O)NCCN1C(=O)C=CC1=O)C(C)C. The number of nitrogens with two attached hydrogens (primary N) is 1. The molecule has 9 atom stereocenters. The van der Waals surface area contributed by atoms with Crippen LogP contribution >= 0.6 is 0 Å². The molecule has 0 spiro atoms. The van der Waals surface area contributed by atoms with Crippen molar-refractivity contribution in [2.45, 2.75) is 162 Å². The van der Waals surface area contributed by atoms with E-state index in [1.54, 1.807) is 37.0 Å². The highest BCUT2D eigenvalue weighted by atomic mass is 16.5. The highest BCUT2D eigenvalue weighted by Gasteiger charge is 2.44. The number of hydrazine groups is 1. The Hall–Kier alpha value is -6.92. The third-order valence-corrected chi connectivity index (χ3v) is 15.8. The van der Waals surface area contributed by atoms with Gasteiger partial charge in [-0.3, -0.25) is 63.8 Å². The Morgan fingerprint density at radius 3 is 2.06 bits per heavy atom. The molecule has 0 unspecified atom stereocenters. The van der Waals surface area contributed by atoms with Crippen molar-refractivity contribution in [3.63, 3.8) is 0 Å². The number of urea groups is 1. The maximum absolute atomic E-state index is 14.7. The van der Waals surface area contributed by atoms with Crippen LogP contribution in [0.15, 0.2) is 42.6 Å². The van der Waals surface area contributed by atoms with E-state index in [1.165, 1.54) is 26.4 Å². The van der Waals surface area contributed by atoms with Gasteiger partial charge in [0.1, 0.15) is 12.1 Å². The Labute approximate surface area is 482 Å². The largest absolute Gasteiger partial charge is 0.379 e. The highest BCUT2D eigenvalue weighted by molar-refractivity contribution is 6.12. The fourth-order valence-electron chi connectivity index (χ4n) is 11.0. The first kappa shape index (κ1) is 67.6. The monoisotopic (exact) mass is 1150 g/mol. The zero-order valence-electron chi connectivity index (χ0n) is 50.0. The van der Waals surface area contributed by atoms with E-state index in [9.17, 15) is 47.9 Å². The number of fused-ring (bicyclic) bond motifs is 1. The summed E-state index contributed by atoms with van der Waals surface area (Å²) in [5.74, 6) is -5.06. The lowest BCUT2D eigenvalue weighted by atomic mass is 9.89. The number of primary amides is 1. The molecular formula is C58H92N12O12. The van der Waals surface area contributed by atoms with Crippen LogP contribution in [-0.2, 0) is 59.0 Å². The summed E-state index contributed by atoms with van der Waals surface area (Å²) >= 11 is 0. The number of para-hydroxylation sites is 1. The normalized spacial score (nSPS) is 17.3. The first-order valence-electron chi connectivity index (χ1n) is 28.9. The second-order valence-corrected chi connectivity index (χ2v) is 22.4. The highest BCUT2D eigenvalue weighted by Crippen LogP contribution is 2.30. The van der Waals surface area contributed by atoms with Crippen molar-refractivity contribution >= 4 is 70.1 Å². The Morgan fingerprint density at radius 2 is 1.45 bits per heavy atom. The number of methoxy groups -OCH3 is 2. The molecule has 3 heterocycles. The summed E-state index contributed by atoms with van der Waals surface area (Å²) in [6, 6.07) is 3.58. The number of amides is 11. The van der Waals surface area contributed by atoms with E-state index in [2.05, 4.69) is 37.1 Å². The van der Waals surface area contributed by atoms with Gasteiger partial charge in [0.2, 0.25) is 41.4 Å². The number of aromatic amines is 1. The fourth-order valence-corrected chi connectivity index (χ4v) is 11.0. The summed E-state index contributed by atoms with van der Waals surface area (Å²) in [6.45, 7) is 14.5. The molecule has 4 rings (SSSR count). The minimum absolute atomic E-state index is 0.0679. The van der Waals surface area contributed by atoms with E-state index in [0.717, 1.165) is 21.4 Å².